The molecule has 1 atom stereocenters. The predicted octanol–water partition coefficient (Wildman–Crippen LogP) is 3.84. The SMILES string of the molecule is CC(C)N1CCc2c(nc([C@@H]3CCCN3C(=O)c3cc4c(s3)CCCCC4)[nH]c2=O)C1. The van der Waals surface area contributed by atoms with Crippen molar-refractivity contribution in [2.24, 2.45) is 0 Å². The number of nitrogens with zero attached hydrogens (tertiary/aromatic N) is 3. The minimum absolute atomic E-state index is 0.0226. The monoisotopic (exact) mass is 440 g/mol. The lowest BCUT2D eigenvalue weighted by Crippen LogP contribution is -2.40. The minimum atomic E-state index is -0.137. The van der Waals surface area contributed by atoms with Gasteiger partial charge in [0, 0.05) is 36.1 Å². The van der Waals surface area contributed by atoms with Gasteiger partial charge in [-0.2, -0.15) is 0 Å². The first-order valence-electron chi connectivity index (χ1n) is 11.8. The van der Waals surface area contributed by atoms with Crippen molar-refractivity contribution >= 4 is 17.2 Å². The third-order valence-corrected chi connectivity index (χ3v) is 8.36. The summed E-state index contributed by atoms with van der Waals surface area (Å²) in [7, 11) is 0. The maximum atomic E-state index is 13.5. The van der Waals surface area contributed by atoms with E-state index >= 15 is 0 Å². The largest absolute Gasteiger partial charge is 0.328 e. The lowest BCUT2D eigenvalue weighted by molar-refractivity contribution is 0.0734. The van der Waals surface area contributed by atoms with E-state index in [2.05, 4.69) is 29.8 Å². The van der Waals surface area contributed by atoms with Gasteiger partial charge in [-0.15, -0.1) is 11.3 Å². The van der Waals surface area contributed by atoms with Crippen molar-refractivity contribution in [2.75, 3.05) is 13.1 Å². The molecule has 1 aliphatic carbocycles. The number of aryl methyl sites for hydroxylation is 2. The summed E-state index contributed by atoms with van der Waals surface area (Å²) in [5.41, 5.74) is 3.06. The van der Waals surface area contributed by atoms with Crippen LogP contribution >= 0.6 is 11.3 Å². The van der Waals surface area contributed by atoms with Gasteiger partial charge in [0.2, 0.25) is 0 Å². The summed E-state index contributed by atoms with van der Waals surface area (Å²) in [6, 6.07) is 2.42. The molecule has 1 fully saturated rings. The van der Waals surface area contributed by atoms with E-state index in [-0.39, 0.29) is 17.5 Å². The Kier molecular flexibility index (Phi) is 5.73. The number of aromatic nitrogens is 2. The van der Waals surface area contributed by atoms with Gasteiger partial charge >= 0.3 is 0 Å². The summed E-state index contributed by atoms with van der Waals surface area (Å²) < 4.78 is 0. The Balaban J connectivity index is 1.42. The molecule has 0 aromatic carbocycles. The Morgan fingerprint density at radius 2 is 2.00 bits per heavy atom. The van der Waals surface area contributed by atoms with Crippen molar-refractivity contribution < 1.29 is 4.79 Å². The zero-order chi connectivity index (χ0) is 21.5. The Morgan fingerprint density at radius 3 is 2.84 bits per heavy atom. The molecule has 0 unspecified atom stereocenters. The molecule has 31 heavy (non-hydrogen) atoms. The number of thiophene rings is 1. The van der Waals surface area contributed by atoms with Gasteiger partial charge in [-0.05, 0) is 70.4 Å². The highest BCUT2D eigenvalue weighted by molar-refractivity contribution is 7.14. The van der Waals surface area contributed by atoms with Crippen LogP contribution in [0.4, 0.5) is 0 Å². The van der Waals surface area contributed by atoms with E-state index in [1.807, 2.05) is 4.90 Å². The van der Waals surface area contributed by atoms with E-state index in [0.717, 1.165) is 61.3 Å². The highest BCUT2D eigenvalue weighted by atomic mass is 32.1. The molecule has 2 aromatic rings. The number of amides is 1. The number of aromatic amines is 1. The second kappa shape index (κ2) is 8.51. The molecule has 4 heterocycles. The number of H-pyrrole nitrogens is 1. The molecule has 0 spiro atoms. The molecule has 2 aromatic heterocycles. The van der Waals surface area contributed by atoms with E-state index in [9.17, 15) is 9.59 Å². The first-order chi connectivity index (χ1) is 15.0. The average molecular weight is 441 g/mol. The van der Waals surface area contributed by atoms with Crippen molar-refractivity contribution in [3.8, 4) is 0 Å². The number of carbonyl (C=O) groups excluding carboxylic acids is 1. The first kappa shape index (κ1) is 20.9. The van der Waals surface area contributed by atoms with Crippen LogP contribution in [0.15, 0.2) is 10.9 Å². The van der Waals surface area contributed by atoms with Crippen LogP contribution in [0.25, 0.3) is 0 Å². The number of fused-ring (bicyclic) bond motifs is 2. The molecule has 1 amide bonds. The van der Waals surface area contributed by atoms with Crippen LogP contribution in [0.3, 0.4) is 0 Å². The molecule has 3 aliphatic rings. The summed E-state index contributed by atoms with van der Waals surface area (Å²) in [4.78, 5) is 40.8. The third kappa shape index (κ3) is 3.98. The Hall–Kier alpha value is -1.99. The number of hydrogen-bond donors (Lipinski definition) is 1. The van der Waals surface area contributed by atoms with E-state index < -0.39 is 0 Å². The van der Waals surface area contributed by atoms with Gasteiger partial charge in [0.05, 0.1) is 16.6 Å². The van der Waals surface area contributed by atoms with E-state index in [4.69, 9.17) is 4.98 Å². The minimum Gasteiger partial charge on any atom is -0.328 e. The topological polar surface area (TPSA) is 69.3 Å². The zero-order valence-corrected chi connectivity index (χ0v) is 19.4. The molecule has 0 radical (unpaired) electrons. The van der Waals surface area contributed by atoms with Gasteiger partial charge in [0.25, 0.3) is 11.5 Å². The summed E-state index contributed by atoms with van der Waals surface area (Å²) in [5, 5.41) is 0. The first-order valence-corrected chi connectivity index (χ1v) is 12.6. The van der Waals surface area contributed by atoms with Crippen molar-refractivity contribution in [1.29, 1.82) is 0 Å². The summed E-state index contributed by atoms with van der Waals surface area (Å²) >= 11 is 1.68. The van der Waals surface area contributed by atoms with Gasteiger partial charge in [-0.3, -0.25) is 14.5 Å². The number of carbonyl (C=O) groups is 1. The van der Waals surface area contributed by atoms with Crippen LogP contribution < -0.4 is 5.56 Å². The molecule has 1 saturated heterocycles. The smallest absolute Gasteiger partial charge is 0.264 e. The molecule has 5 rings (SSSR count). The van der Waals surface area contributed by atoms with Crippen molar-refractivity contribution in [3.05, 3.63) is 48.8 Å². The number of hydrogen-bond acceptors (Lipinski definition) is 5. The summed E-state index contributed by atoms with van der Waals surface area (Å²) in [6.07, 6.45) is 8.46. The van der Waals surface area contributed by atoms with Gasteiger partial charge in [0.15, 0.2) is 0 Å². The fourth-order valence-corrected chi connectivity index (χ4v) is 6.50. The van der Waals surface area contributed by atoms with Crippen LogP contribution in [0, 0.1) is 0 Å². The molecule has 2 aliphatic heterocycles. The van der Waals surface area contributed by atoms with Gasteiger partial charge in [-0.1, -0.05) is 6.42 Å². The highest BCUT2D eigenvalue weighted by Gasteiger charge is 2.34. The van der Waals surface area contributed by atoms with E-state index in [0.29, 0.717) is 18.4 Å². The van der Waals surface area contributed by atoms with Crippen molar-refractivity contribution in [2.45, 2.75) is 83.8 Å². The predicted molar refractivity (Wildman–Crippen MR) is 123 cm³/mol. The highest BCUT2D eigenvalue weighted by Crippen LogP contribution is 2.35. The van der Waals surface area contributed by atoms with Gasteiger partial charge in [-0.25, -0.2) is 4.98 Å². The quantitative estimate of drug-likeness (QED) is 0.736. The number of likely N-dealkylation sites (tertiary alicyclic amines) is 1. The second-order valence-electron chi connectivity index (χ2n) is 9.47. The van der Waals surface area contributed by atoms with Crippen LogP contribution in [-0.4, -0.2) is 44.8 Å². The maximum absolute atomic E-state index is 13.5. The van der Waals surface area contributed by atoms with E-state index in [1.54, 1.807) is 11.3 Å². The fourth-order valence-electron chi connectivity index (χ4n) is 5.29. The molecular weight excluding hydrogens is 408 g/mol. The molecule has 1 N–H and O–H groups in total. The lowest BCUT2D eigenvalue weighted by atomic mass is 10.0. The molecule has 0 bridgehead atoms. The number of rotatable bonds is 3. The van der Waals surface area contributed by atoms with Crippen LogP contribution in [-0.2, 0) is 25.8 Å². The van der Waals surface area contributed by atoms with Gasteiger partial charge in [0.1, 0.15) is 5.82 Å². The normalized spacial score (nSPS) is 21.8. The van der Waals surface area contributed by atoms with Crippen LogP contribution in [0.2, 0.25) is 0 Å². The van der Waals surface area contributed by atoms with Crippen LogP contribution in [0.5, 0.6) is 0 Å². The lowest BCUT2D eigenvalue weighted by Gasteiger charge is -2.31. The molecular formula is C24H32N4O2S. The maximum Gasteiger partial charge on any atom is 0.264 e. The van der Waals surface area contributed by atoms with Crippen molar-refractivity contribution in [3.63, 3.8) is 0 Å². The number of nitrogens with one attached hydrogen (secondary N) is 1. The molecule has 0 saturated carbocycles. The second-order valence-corrected chi connectivity index (χ2v) is 10.6. The Bertz CT molecular complexity index is 1020. The molecule has 166 valence electrons. The fraction of sp³-hybridized carbons (Fsp3) is 0.625. The summed E-state index contributed by atoms with van der Waals surface area (Å²) in [5.74, 6) is 0.767. The zero-order valence-electron chi connectivity index (χ0n) is 18.6. The van der Waals surface area contributed by atoms with E-state index in [1.165, 1.54) is 29.7 Å². The molecule has 7 heteroatoms. The summed E-state index contributed by atoms with van der Waals surface area (Å²) in [6.45, 7) is 6.69. The average Bonchev–Trinajstić information content (AvgIpc) is 3.35. The van der Waals surface area contributed by atoms with Crippen LogP contribution in [0.1, 0.15) is 89.2 Å². The standard InChI is InChI=1S/C24H32N4O2S/c1-15(2)27-12-10-17-18(14-27)25-22(26-23(17)29)19-8-6-11-28(19)24(30)21-13-16-7-4-3-5-9-20(16)31-21/h13,15,19H,3-12,14H2,1-2H3,(H,25,26,29)/t19-/m0/s1. The molecule has 6 nitrogen and oxygen atoms in total. The third-order valence-electron chi connectivity index (χ3n) is 7.14. The Morgan fingerprint density at radius 1 is 1.16 bits per heavy atom. The van der Waals surface area contributed by atoms with Gasteiger partial charge < -0.3 is 9.88 Å². The van der Waals surface area contributed by atoms with Crippen molar-refractivity contribution in [1.82, 2.24) is 19.8 Å². The Labute approximate surface area is 187 Å².